The SMILES string of the molecule is O=C(c1ccccc1)N(NC(=O)C(O)(Cc1ccccc1)Cc1ccccc1)c1ccc2ccccc2n1. The molecule has 1 heterocycles. The third-order valence-electron chi connectivity index (χ3n) is 6.35. The zero-order valence-electron chi connectivity index (χ0n) is 20.7. The molecule has 0 radical (unpaired) electrons. The summed E-state index contributed by atoms with van der Waals surface area (Å²) in [5.74, 6) is -0.930. The number of amides is 2. The molecule has 0 atom stereocenters. The van der Waals surface area contributed by atoms with Crippen LogP contribution in [-0.2, 0) is 17.6 Å². The maximum atomic E-state index is 13.9. The Morgan fingerprint density at radius 1 is 0.684 bits per heavy atom. The van der Waals surface area contributed by atoms with E-state index in [0.29, 0.717) is 11.1 Å². The van der Waals surface area contributed by atoms with Gasteiger partial charge in [0.15, 0.2) is 11.4 Å². The fourth-order valence-electron chi connectivity index (χ4n) is 4.40. The molecule has 1 aromatic heterocycles. The molecule has 0 saturated heterocycles. The molecule has 0 bridgehead atoms. The average molecular weight is 502 g/mol. The number of pyridine rings is 1. The minimum Gasteiger partial charge on any atom is -0.379 e. The topological polar surface area (TPSA) is 82.5 Å². The molecule has 0 unspecified atom stereocenters. The average Bonchev–Trinajstić information content (AvgIpc) is 2.96. The summed E-state index contributed by atoms with van der Waals surface area (Å²) in [6, 6.07) is 38.4. The summed E-state index contributed by atoms with van der Waals surface area (Å²) in [6.07, 6.45) is 0.125. The minimum absolute atomic E-state index is 0.0626. The lowest BCUT2D eigenvalue weighted by molar-refractivity contribution is -0.139. The molecule has 0 saturated carbocycles. The summed E-state index contributed by atoms with van der Waals surface area (Å²) >= 11 is 0. The first-order valence-electron chi connectivity index (χ1n) is 12.4. The number of carbonyl (C=O) groups is 2. The van der Waals surface area contributed by atoms with E-state index in [9.17, 15) is 14.7 Å². The summed E-state index contributed by atoms with van der Waals surface area (Å²) in [4.78, 5) is 32.2. The Hall–Kier alpha value is -4.81. The quantitative estimate of drug-likeness (QED) is 0.303. The van der Waals surface area contributed by atoms with Gasteiger partial charge in [0.05, 0.1) is 5.52 Å². The van der Waals surface area contributed by atoms with Crippen molar-refractivity contribution in [3.63, 3.8) is 0 Å². The number of anilines is 1. The summed E-state index contributed by atoms with van der Waals surface area (Å²) < 4.78 is 0. The zero-order chi connectivity index (χ0) is 26.4. The van der Waals surface area contributed by atoms with Crippen molar-refractivity contribution in [1.29, 1.82) is 0 Å². The number of aromatic nitrogens is 1. The lowest BCUT2D eigenvalue weighted by Crippen LogP contribution is -2.57. The Morgan fingerprint density at radius 2 is 1.21 bits per heavy atom. The van der Waals surface area contributed by atoms with Gasteiger partial charge in [0.2, 0.25) is 0 Å². The molecule has 5 rings (SSSR count). The lowest BCUT2D eigenvalue weighted by atomic mass is 9.87. The summed E-state index contributed by atoms with van der Waals surface area (Å²) in [7, 11) is 0. The Labute approximate surface area is 221 Å². The van der Waals surface area contributed by atoms with Crippen molar-refractivity contribution in [2.75, 3.05) is 5.01 Å². The van der Waals surface area contributed by atoms with Crippen LogP contribution in [0.3, 0.4) is 0 Å². The number of benzene rings is 4. The second-order valence-electron chi connectivity index (χ2n) is 9.17. The van der Waals surface area contributed by atoms with Gasteiger partial charge in [-0.15, -0.1) is 0 Å². The molecular formula is C32H27N3O3. The van der Waals surface area contributed by atoms with Crippen LogP contribution in [0, 0.1) is 0 Å². The third-order valence-corrected chi connectivity index (χ3v) is 6.35. The van der Waals surface area contributed by atoms with Gasteiger partial charge in [-0.3, -0.25) is 15.0 Å². The highest BCUT2D eigenvalue weighted by molar-refractivity contribution is 6.07. The second-order valence-corrected chi connectivity index (χ2v) is 9.17. The van der Waals surface area contributed by atoms with Gasteiger partial charge in [-0.25, -0.2) is 4.98 Å². The van der Waals surface area contributed by atoms with E-state index < -0.39 is 17.4 Å². The number of hydrazine groups is 1. The van der Waals surface area contributed by atoms with Gasteiger partial charge in [0, 0.05) is 23.8 Å². The molecule has 0 spiro atoms. The Kier molecular flexibility index (Phi) is 7.24. The van der Waals surface area contributed by atoms with Crippen molar-refractivity contribution in [2.24, 2.45) is 0 Å². The van der Waals surface area contributed by atoms with Crippen molar-refractivity contribution in [3.05, 3.63) is 144 Å². The van der Waals surface area contributed by atoms with Gasteiger partial charge in [-0.1, -0.05) is 97.1 Å². The highest BCUT2D eigenvalue weighted by Gasteiger charge is 2.38. The van der Waals surface area contributed by atoms with Gasteiger partial charge < -0.3 is 5.11 Å². The standard InChI is InChI=1S/C32H27N3O3/c36-30(27-17-8-3-9-18-27)35(29-21-20-26-16-10-11-19-28(26)33-29)34-31(37)32(38,22-24-12-4-1-5-13-24)23-25-14-6-2-7-15-25/h1-21,38H,22-23H2,(H,34,37). The van der Waals surface area contributed by atoms with Crippen LogP contribution in [0.1, 0.15) is 21.5 Å². The number of nitrogens with one attached hydrogen (secondary N) is 1. The number of nitrogens with zero attached hydrogens (tertiary/aromatic N) is 2. The molecule has 2 amide bonds. The lowest BCUT2D eigenvalue weighted by Gasteiger charge is -2.31. The smallest absolute Gasteiger partial charge is 0.278 e. The van der Waals surface area contributed by atoms with Crippen LogP contribution in [-0.4, -0.2) is 27.5 Å². The normalized spacial score (nSPS) is 11.2. The zero-order valence-corrected chi connectivity index (χ0v) is 20.7. The van der Waals surface area contributed by atoms with Crippen LogP contribution in [0.15, 0.2) is 127 Å². The molecule has 38 heavy (non-hydrogen) atoms. The number of carbonyl (C=O) groups excluding carboxylic acids is 2. The fraction of sp³-hybridized carbons (Fsp3) is 0.0938. The van der Waals surface area contributed by atoms with Crippen molar-refractivity contribution in [2.45, 2.75) is 18.4 Å². The number of rotatable bonds is 7. The molecule has 188 valence electrons. The van der Waals surface area contributed by atoms with E-state index in [-0.39, 0.29) is 18.7 Å². The molecule has 0 aliphatic heterocycles. The second kappa shape index (κ2) is 11.1. The van der Waals surface area contributed by atoms with Gasteiger partial charge in [0.25, 0.3) is 11.8 Å². The van der Waals surface area contributed by atoms with E-state index in [1.165, 1.54) is 0 Å². The van der Waals surface area contributed by atoms with Gasteiger partial charge >= 0.3 is 0 Å². The van der Waals surface area contributed by atoms with E-state index in [2.05, 4.69) is 10.4 Å². The van der Waals surface area contributed by atoms with Crippen molar-refractivity contribution in [1.82, 2.24) is 10.4 Å². The summed E-state index contributed by atoms with van der Waals surface area (Å²) in [5, 5.41) is 13.9. The van der Waals surface area contributed by atoms with Gasteiger partial charge in [0.1, 0.15) is 0 Å². The van der Waals surface area contributed by atoms with Crippen LogP contribution >= 0.6 is 0 Å². The molecule has 5 aromatic rings. The number of hydrogen-bond donors (Lipinski definition) is 2. The molecule has 0 aliphatic carbocycles. The highest BCUT2D eigenvalue weighted by Crippen LogP contribution is 2.23. The molecule has 0 aliphatic rings. The Bertz CT molecular complexity index is 1500. The Balaban J connectivity index is 1.53. The molecule has 4 aromatic carbocycles. The van der Waals surface area contributed by atoms with E-state index in [0.717, 1.165) is 21.5 Å². The van der Waals surface area contributed by atoms with Crippen molar-refractivity contribution < 1.29 is 14.7 Å². The van der Waals surface area contributed by atoms with E-state index >= 15 is 0 Å². The maximum Gasteiger partial charge on any atom is 0.278 e. The van der Waals surface area contributed by atoms with E-state index in [1.807, 2.05) is 97.1 Å². The highest BCUT2D eigenvalue weighted by atomic mass is 16.3. The molecular weight excluding hydrogens is 474 g/mol. The largest absolute Gasteiger partial charge is 0.379 e. The van der Waals surface area contributed by atoms with Crippen LogP contribution in [0.2, 0.25) is 0 Å². The number of fused-ring (bicyclic) bond motifs is 1. The summed E-state index contributed by atoms with van der Waals surface area (Å²) in [6.45, 7) is 0. The van der Waals surface area contributed by atoms with E-state index in [4.69, 9.17) is 0 Å². The van der Waals surface area contributed by atoms with E-state index in [1.54, 1.807) is 30.3 Å². The predicted octanol–water partition coefficient (Wildman–Crippen LogP) is 5.13. The fourth-order valence-corrected chi connectivity index (χ4v) is 4.40. The van der Waals surface area contributed by atoms with Crippen molar-refractivity contribution in [3.8, 4) is 0 Å². The maximum absolute atomic E-state index is 13.9. The first-order chi connectivity index (χ1) is 18.5. The number of aliphatic hydroxyl groups is 1. The van der Waals surface area contributed by atoms with Crippen LogP contribution in [0.25, 0.3) is 10.9 Å². The Morgan fingerprint density at radius 3 is 1.82 bits per heavy atom. The monoisotopic (exact) mass is 501 g/mol. The molecule has 0 fully saturated rings. The number of hydrogen-bond acceptors (Lipinski definition) is 4. The number of para-hydroxylation sites is 1. The first kappa shape index (κ1) is 24.9. The summed E-state index contributed by atoms with van der Waals surface area (Å²) in [5.41, 5.74) is 3.51. The molecule has 2 N–H and O–H groups in total. The molecule has 6 heteroatoms. The van der Waals surface area contributed by atoms with Crippen molar-refractivity contribution >= 4 is 28.5 Å². The first-order valence-corrected chi connectivity index (χ1v) is 12.4. The molecule has 6 nitrogen and oxygen atoms in total. The van der Waals surface area contributed by atoms with Crippen LogP contribution < -0.4 is 10.4 Å². The minimum atomic E-state index is -1.84. The van der Waals surface area contributed by atoms with Crippen LogP contribution in [0.4, 0.5) is 5.82 Å². The van der Waals surface area contributed by atoms with Gasteiger partial charge in [-0.05, 0) is 41.5 Å². The predicted molar refractivity (Wildman–Crippen MR) is 148 cm³/mol. The van der Waals surface area contributed by atoms with Crippen LogP contribution in [0.5, 0.6) is 0 Å². The third kappa shape index (κ3) is 5.61. The van der Waals surface area contributed by atoms with Gasteiger partial charge in [-0.2, -0.15) is 5.01 Å².